The SMILES string of the molecule is O=[N+]([O-])c1ccc(-c2csc(N3CCOCC3)n2)s1. The summed E-state index contributed by atoms with van der Waals surface area (Å²) in [5.41, 5.74) is 0.810. The smallest absolute Gasteiger partial charge is 0.324 e. The average Bonchev–Trinajstić information content (AvgIpc) is 3.09. The second-order valence-electron chi connectivity index (χ2n) is 4.01. The number of rotatable bonds is 3. The van der Waals surface area contributed by atoms with Crippen molar-refractivity contribution in [3.8, 4) is 10.6 Å². The predicted octanol–water partition coefficient (Wildman–Crippen LogP) is 2.62. The van der Waals surface area contributed by atoms with E-state index in [9.17, 15) is 10.1 Å². The van der Waals surface area contributed by atoms with Crippen molar-refractivity contribution in [1.29, 1.82) is 0 Å². The Labute approximate surface area is 117 Å². The van der Waals surface area contributed by atoms with Crippen LogP contribution in [0.15, 0.2) is 17.5 Å². The Balaban J connectivity index is 1.81. The summed E-state index contributed by atoms with van der Waals surface area (Å²) in [6.07, 6.45) is 0. The van der Waals surface area contributed by atoms with Gasteiger partial charge < -0.3 is 9.64 Å². The predicted molar refractivity (Wildman–Crippen MR) is 75.1 cm³/mol. The lowest BCUT2D eigenvalue weighted by Crippen LogP contribution is -2.36. The molecule has 0 amide bonds. The fourth-order valence-electron chi connectivity index (χ4n) is 1.84. The third kappa shape index (κ3) is 2.60. The molecule has 0 unspecified atom stereocenters. The van der Waals surface area contributed by atoms with Crippen molar-refractivity contribution in [2.45, 2.75) is 0 Å². The highest BCUT2D eigenvalue weighted by atomic mass is 32.1. The first-order chi connectivity index (χ1) is 9.24. The number of nitrogens with zero attached hydrogens (tertiary/aromatic N) is 3. The maximum absolute atomic E-state index is 10.7. The van der Waals surface area contributed by atoms with Crippen LogP contribution in [0.1, 0.15) is 0 Å². The molecular weight excluding hydrogens is 286 g/mol. The summed E-state index contributed by atoms with van der Waals surface area (Å²) >= 11 is 2.72. The van der Waals surface area contributed by atoms with Gasteiger partial charge in [-0.25, -0.2) is 4.98 Å². The van der Waals surface area contributed by atoms with Crippen LogP contribution in [0, 0.1) is 10.1 Å². The summed E-state index contributed by atoms with van der Waals surface area (Å²) in [6, 6.07) is 3.27. The van der Waals surface area contributed by atoms with E-state index in [4.69, 9.17) is 4.74 Å². The zero-order chi connectivity index (χ0) is 13.2. The van der Waals surface area contributed by atoms with E-state index in [-0.39, 0.29) is 9.92 Å². The molecule has 0 N–H and O–H groups in total. The molecule has 1 aliphatic rings. The molecule has 0 radical (unpaired) electrons. The van der Waals surface area contributed by atoms with E-state index < -0.39 is 0 Å². The second-order valence-corrected chi connectivity index (χ2v) is 5.91. The molecule has 2 aromatic rings. The highest BCUT2D eigenvalue weighted by Gasteiger charge is 2.17. The molecule has 0 atom stereocenters. The molecule has 100 valence electrons. The molecule has 3 rings (SSSR count). The van der Waals surface area contributed by atoms with Crippen LogP contribution < -0.4 is 4.90 Å². The molecule has 3 heterocycles. The molecule has 1 saturated heterocycles. The van der Waals surface area contributed by atoms with E-state index in [0.717, 1.165) is 53.3 Å². The topological polar surface area (TPSA) is 68.5 Å². The molecule has 0 saturated carbocycles. The monoisotopic (exact) mass is 297 g/mol. The largest absolute Gasteiger partial charge is 0.378 e. The highest BCUT2D eigenvalue weighted by molar-refractivity contribution is 7.19. The lowest BCUT2D eigenvalue weighted by molar-refractivity contribution is -0.380. The van der Waals surface area contributed by atoms with E-state index >= 15 is 0 Å². The van der Waals surface area contributed by atoms with Gasteiger partial charge in [0.05, 0.1) is 28.7 Å². The van der Waals surface area contributed by atoms with Gasteiger partial charge in [0.2, 0.25) is 0 Å². The number of nitro groups is 1. The number of morpholine rings is 1. The van der Waals surface area contributed by atoms with Crippen molar-refractivity contribution in [3.63, 3.8) is 0 Å². The number of hydrogen-bond donors (Lipinski definition) is 0. The van der Waals surface area contributed by atoms with Crippen LogP contribution >= 0.6 is 22.7 Å². The van der Waals surface area contributed by atoms with Crippen LogP contribution in [-0.2, 0) is 4.74 Å². The minimum absolute atomic E-state index is 0.149. The molecule has 0 bridgehead atoms. The Kier molecular flexibility index (Phi) is 3.45. The van der Waals surface area contributed by atoms with E-state index in [1.54, 1.807) is 17.4 Å². The van der Waals surface area contributed by atoms with Crippen molar-refractivity contribution in [3.05, 3.63) is 27.6 Å². The number of anilines is 1. The summed E-state index contributed by atoms with van der Waals surface area (Å²) in [6.45, 7) is 3.13. The number of aromatic nitrogens is 1. The molecule has 0 aliphatic carbocycles. The van der Waals surface area contributed by atoms with Gasteiger partial charge in [-0.05, 0) is 6.07 Å². The molecule has 1 fully saturated rings. The molecule has 0 spiro atoms. The summed E-state index contributed by atoms with van der Waals surface area (Å²) in [5, 5.41) is 13.7. The Morgan fingerprint density at radius 3 is 2.84 bits per heavy atom. The van der Waals surface area contributed by atoms with Gasteiger partial charge in [-0.2, -0.15) is 0 Å². The van der Waals surface area contributed by atoms with Crippen molar-refractivity contribution in [2.24, 2.45) is 0 Å². The normalized spacial score (nSPS) is 15.7. The first-order valence-corrected chi connectivity index (χ1v) is 7.46. The standard InChI is InChI=1S/C11H11N3O3S2/c15-14(16)10-2-1-9(19-10)8-7-18-11(12-8)13-3-5-17-6-4-13/h1-2,7H,3-6H2. The minimum Gasteiger partial charge on any atom is -0.378 e. The van der Waals surface area contributed by atoms with Gasteiger partial charge in [0.1, 0.15) is 0 Å². The molecule has 8 heteroatoms. The molecule has 2 aromatic heterocycles. The zero-order valence-corrected chi connectivity index (χ0v) is 11.6. The van der Waals surface area contributed by atoms with E-state index in [1.165, 1.54) is 6.07 Å². The van der Waals surface area contributed by atoms with Crippen LogP contribution in [0.4, 0.5) is 10.1 Å². The van der Waals surface area contributed by atoms with Gasteiger partial charge in [-0.3, -0.25) is 10.1 Å². The first kappa shape index (κ1) is 12.5. The van der Waals surface area contributed by atoms with Crippen LogP contribution in [0.5, 0.6) is 0 Å². The highest BCUT2D eigenvalue weighted by Crippen LogP contribution is 2.35. The maximum Gasteiger partial charge on any atom is 0.324 e. The average molecular weight is 297 g/mol. The zero-order valence-electron chi connectivity index (χ0n) is 9.94. The van der Waals surface area contributed by atoms with Gasteiger partial charge in [0, 0.05) is 24.5 Å². The van der Waals surface area contributed by atoms with Crippen LogP contribution in [0.25, 0.3) is 10.6 Å². The van der Waals surface area contributed by atoms with Crippen LogP contribution in [-0.4, -0.2) is 36.2 Å². The Morgan fingerprint density at radius 2 is 2.16 bits per heavy atom. The molecule has 19 heavy (non-hydrogen) atoms. The maximum atomic E-state index is 10.7. The number of hydrogen-bond acceptors (Lipinski definition) is 7. The van der Waals surface area contributed by atoms with Crippen molar-refractivity contribution >= 4 is 32.8 Å². The number of thiophene rings is 1. The summed E-state index contributed by atoms with van der Waals surface area (Å²) < 4.78 is 5.30. The molecule has 0 aromatic carbocycles. The van der Waals surface area contributed by atoms with Gasteiger partial charge in [0.25, 0.3) is 0 Å². The number of thiazole rings is 1. The third-order valence-corrected chi connectivity index (χ3v) is 4.76. The van der Waals surface area contributed by atoms with Crippen LogP contribution in [0.3, 0.4) is 0 Å². The van der Waals surface area contributed by atoms with Gasteiger partial charge in [-0.15, -0.1) is 11.3 Å². The lowest BCUT2D eigenvalue weighted by Gasteiger charge is -2.25. The van der Waals surface area contributed by atoms with E-state index in [0.29, 0.717) is 0 Å². The fraction of sp³-hybridized carbons (Fsp3) is 0.364. The van der Waals surface area contributed by atoms with Crippen molar-refractivity contribution in [1.82, 2.24) is 4.98 Å². The summed E-state index contributed by atoms with van der Waals surface area (Å²) in [4.78, 5) is 17.9. The van der Waals surface area contributed by atoms with Gasteiger partial charge in [-0.1, -0.05) is 11.3 Å². The van der Waals surface area contributed by atoms with E-state index in [1.807, 2.05) is 5.38 Å². The van der Waals surface area contributed by atoms with Crippen molar-refractivity contribution < 1.29 is 9.66 Å². The lowest BCUT2D eigenvalue weighted by atomic mass is 10.4. The third-order valence-electron chi connectivity index (χ3n) is 2.80. The summed E-state index contributed by atoms with van der Waals surface area (Å²) in [7, 11) is 0. The second kappa shape index (κ2) is 5.24. The quantitative estimate of drug-likeness (QED) is 0.643. The fourth-order valence-corrected chi connectivity index (χ4v) is 3.58. The molecule has 1 aliphatic heterocycles. The van der Waals surface area contributed by atoms with Gasteiger partial charge in [0.15, 0.2) is 5.13 Å². The molecule has 6 nitrogen and oxygen atoms in total. The van der Waals surface area contributed by atoms with Crippen LogP contribution in [0.2, 0.25) is 0 Å². The van der Waals surface area contributed by atoms with Gasteiger partial charge >= 0.3 is 5.00 Å². The Morgan fingerprint density at radius 1 is 1.37 bits per heavy atom. The Bertz CT molecular complexity index is 590. The Hall–Kier alpha value is -1.51. The first-order valence-electron chi connectivity index (χ1n) is 5.77. The van der Waals surface area contributed by atoms with E-state index in [2.05, 4.69) is 9.88 Å². The summed E-state index contributed by atoms with van der Waals surface area (Å²) in [5.74, 6) is 0. The van der Waals surface area contributed by atoms with Crippen molar-refractivity contribution in [2.75, 3.05) is 31.2 Å². The molecular formula is C11H11N3O3S2. The number of ether oxygens (including phenoxy) is 1. The minimum atomic E-state index is -0.372.